The number of thiazole rings is 1. The Labute approximate surface area is 184 Å². The third-order valence-electron chi connectivity index (χ3n) is 5.59. The molecule has 1 N–H and O–H groups in total. The number of hydrogen-bond acceptors (Lipinski definition) is 7. The molecule has 3 aromatic rings. The van der Waals surface area contributed by atoms with Gasteiger partial charge < -0.3 is 14.5 Å². The summed E-state index contributed by atoms with van der Waals surface area (Å²) in [4.78, 5) is 32.5. The number of nitrogens with zero attached hydrogens (tertiary/aromatic N) is 3. The smallest absolute Gasteiger partial charge is 0.231 e. The average molecular weight is 440 g/mol. The number of rotatable bonds is 7. The molecule has 4 rings (SSSR count). The minimum atomic E-state index is -0.684. The summed E-state index contributed by atoms with van der Waals surface area (Å²) < 4.78 is 5.12. The first-order valence-electron chi connectivity index (χ1n) is 10.3. The Morgan fingerprint density at radius 3 is 2.68 bits per heavy atom. The Bertz CT molecular complexity index is 1070. The summed E-state index contributed by atoms with van der Waals surface area (Å²) in [7, 11) is 0. The van der Waals surface area contributed by atoms with Gasteiger partial charge >= 0.3 is 0 Å². The Morgan fingerprint density at radius 2 is 2.03 bits per heavy atom. The van der Waals surface area contributed by atoms with Crippen molar-refractivity contribution < 1.29 is 19.2 Å². The first-order valence-corrected chi connectivity index (χ1v) is 11.2. The van der Waals surface area contributed by atoms with Crippen molar-refractivity contribution in [2.45, 2.75) is 51.7 Å². The van der Waals surface area contributed by atoms with Gasteiger partial charge in [0, 0.05) is 25.5 Å². The van der Waals surface area contributed by atoms with Crippen LogP contribution in [-0.4, -0.2) is 50.5 Å². The van der Waals surface area contributed by atoms with E-state index in [1.165, 1.54) is 4.90 Å². The van der Waals surface area contributed by atoms with E-state index in [0.29, 0.717) is 24.3 Å². The van der Waals surface area contributed by atoms with Crippen LogP contribution in [0.3, 0.4) is 0 Å². The Morgan fingerprint density at radius 1 is 1.26 bits per heavy atom. The summed E-state index contributed by atoms with van der Waals surface area (Å²) in [5.74, 6) is 0.211. The van der Waals surface area contributed by atoms with E-state index in [1.54, 1.807) is 24.3 Å². The van der Waals surface area contributed by atoms with Gasteiger partial charge in [0.05, 0.1) is 40.3 Å². The molecule has 0 aliphatic carbocycles. The van der Waals surface area contributed by atoms with Crippen molar-refractivity contribution in [3.05, 3.63) is 58.6 Å². The minimum absolute atomic E-state index is 0.0268. The average Bonchev–Trinajstić information content (AvgIpc) is 3.46. The number of hydrogen-bond donors (Lipinski definition) is 1. The van der Waals surface area contributed by atoms with Crippen molar-refractivity contribution in [2.75, 3.05) is 6.54 Å². The molecule has 1 fully saturated rings. The molecule has 2 aromatic heterocycles. The second-order valence-electron chi connectivity index (χ2n) is 7.99. The Balaban J connectivity index is 1.36. The van der Waals surface area contributed by atoms with E-state index >= 15 is 0 Å². The molecule has 1 aliphatic rings. The summed E-state index contributed by atoms with van der Waals surface area (Å²) in [6.45, 7) is 3.95. The van der Waals surface area contributed by atoms with Gasteiger partial charge in [-0.3, -0.25) is 9.59 Å². The minimum Gasteiger partial charge on any atom is -0.391 e. The van der Waals surface area contributed by atoms with E-state index in [-0.39, 0.29) is 31.1 Å². The zero-order valence-corrected chi connectivity index (χ0v) is 18.4. The van der Waals surface area contributed by atoms with Crippen LogP contribution in [-0.2, 0) is 22.4 Å². The van der Waals surface area contributed by atoms with Crippen molar-refractivity contribution in [1.29, 1.82) is 0 Å². The molecular weight excluding hydrogens is 414 g/mol. The molecule has 0 saturated carbocycles. The maximum Gasteiger partial charge on any atom is 0.231 e. The first kappa shape index (κ1) is 21.4. The second-order valence-corrected chi connectivity index (χ2v) is 8.85. The lowest BCUT2D eigenvalue weighted by Gasteiger charge is -2.23. The Hall–Kier alpha value is -2.84. The van der Waals surface area contributed by atoms with Crippen molar-refractivity contribution in [3.63, 3.8) is 0 Å². The molecule has 1 saturated heterocycles. The topological polar surface area (TPSA) is 96.5 Å². The molecule has 8 heteroatoms. The molecule has 31 heavy (non-hydrogen) atoms. The van der Waals surface area contributed by atoms with Crippen LogP contribution >= 0.6 is 11.3 Å². The normalized spacial score (nSPS) is 18.5. The monoisotopic (exact) mass is 439 g/mol. The van der Waals surface area contributed by atoms with Crippen LogP contribution in [0.1, 0.15) is 35.6 Å². The molecule has 1 unspecified atom stereocenters. The van der Waals surface area contributed by atoms with Crippen LogP contribution in [0.15, 0.2) is 40.4 Å². The largest absolute Gasteiger partial charge is 0.391 e. The van der Waals surface area contributed by atoms with Gasteiger partial charge in [-0.05, 0) is 31.4 Å². The van der Waals surface area contributed by atoms with Gasteiger partial charge in [0.25, 0.3) is 0 Å². The number of aliphatic hydroxyl groups excluding tert-OH is 1. The van der Waals surface area contributed by atoms with Crippen LogP contribution in [0, 0.1) is 13.8 Å². The van der Waals surface area contributed by atoms with Crippen LogP contribution in [0.4, 0.5) is 0 Å². The van der Waals surface area contributed by atoms with E-state index in [4.69, 9.17) is 4.52 Å². The van der Waals surface area contributed by atoms with Gasteiger partial charge in [-0.15, -0.1) is 11.3 Å². The van der Waals surface area contributed by atoms with E-state index in [1.807, 2.05) is 24.6 Å². The zero-order valence-electron chi connectivity index (χ0n) is 17.6. The molecule has 1 aliphatic heterocycles. The number of benzene rings is 1. The summed E-state index contributed by atoms with van der Waals surface area (Å²) in [6.07, 6.45) is 0.550. The number of Topliss-reactive ketones (excluding diaryl/α,β-unsaturated/α-hetero) is 1. The lowest BCUT2D eigenvalue weighted by atomic mass is 10.00. The number of aliphatic hydroxyl groups is 1. The molecule has 0 spiro atoms. The number of carbonyl (C=O) groups is 2. The predicted molar refractivity (Wildman–Crippen MR) is 117 cm³/mol. The highest BCUT2D eigenvalue weighted by molar-refractivity contribution is 7.13. The van der Waals surface area contributed by atoms with Crippen LogP contribution < -0.4 is 0 Å². The molecular formula is C23H25N3O4S. The molecule has 1 aromatic carbocycles. The van der Waals surface area contributed by atoms with Crippen molar-refractivity contribution in [3.8, 4) is 10.4 Å². The van der Waals surface area contributed by atoms with Crippen LogP contribution in [0.25, 0.3) is 10.4 Å². The lowest BCUT2D eigenvalue weighted by Crippen LogP contribution is -2.41. The maximum absolute atomic E-state index is 12.9. The number of aryl methyl sites for hydroxylation is 3. The zero-order chi connectivity index (χ0) is 22.0. The Kier molecular flexibility index (Phi) is 6.29. The molecule has 2 atom stereocenters. The predicted octanol–water partition coefficient (Wildman–Crippen LogP) is 3.12. The number of ketones is 1. The molecule has 162 valence electrons. The first-order chi connectivity index (χ1) is 14.9. The van der Waals surface area contributed by atoms with Gasteiger partial charge in [-0.1, -0.05) is 29.4 Å². The summed E-state index contributed by atoms with van der Waals surface area (Å²) in [5.41, 5.74) is 5.73. The highest BCUT2D eigenvalue weighted by atomic mass is 32.1. The van der Waals surface area contributed by atoms with Crippen molar-refractivity contribution in [1.82, 2.24) is 15.0 Å². The molecule has 3 heterocycles. The van der Waals surface area contributed by atoms with E-state index in [9.17, 15) is 14.7 Å². The van der Waals surface area contributed by atoms with Crippen LogP contribution in [0.2, 0.25) is 0 Å². The third-order valence-corrected chi connectivity index (χ3v) is 6.57. The standard InChI is InChI=1S/C23H25N3O4S/c1-14-9-19(30-25-14)11-22(29)26-12-18(27)10-20(26)21(28)8-5-16-3-6-17(7-4-16)23-15(2)24-13-31-23/h3-4,6-7,9,13,18,20,27H,5,8,10-12H2,1-2H3/t18-,20?/m1/s1. The van der Waals surface area contributed by atoms with E-state index in [2.05, 4.69) is 22.3 Å². The summed E-state index contributed by atoms with van der Waals surface area (Å²) >= 11 is 1.61. The van der Waals surface area contributed by atoms with Gasteiger partial charge in [-0.25, -0.2) is 4.98 Å². The van der Waals surface area contributed by atoms with Crippen molar-refractivity contribution >= 4 is 23.0 Å². The second kappa shape index (κ2) is 9.11. The van der Waals surface area contributed by atoms with Gasteiger partial charge in [0.2, 0.25) is 5.91 Å². The van der Waals surface area contributed by atoms with E-state index < -0.39 is 12.1 Å². The third kappa shape index (κ3) is 4.91. The fourth-order valence-electron chi connectivity index (χ4n) is 3.98. The summed E-state index contributed by atoms with van der Waals surface area (Å²) in [6, 6.07) is 9.27. The highest BCUT2D eigenvalue weighted by Crippen LogP contribution is 2.28. The summed E-state index contributed by atoms with van der Waals surface area (Å²) in [5, 5.41) is 13.9. The molecule has 0 radical (unpaired) electrons. The fraction of sp³-hybridized carbons (Fsp3) is 0.391. The van der Waals surface area contributed by atoms with Crippen molar-refractivity contribution in [2.24, 2.45) is 0 Å². The maximum atomic E-state index is 12.9. The van der Waals surface area contributed by atoms with Crippen LogP contribution in [0.5, 0.6) is 0 Å². The number of β-amino-alcohol motifs (C(OH)–C–C–N with tert-alkyl or cyclic N) is 1. The number of carbonyl (C=O) groups excluding carboxylic acids is 2. The number of amides is 1. The molecule has 1 amide bonds. The number of likely N-dealkylation sites (tertiary alicyclic amines) is 1. The fourth-order valence-corrected chi connectivity index (χ4v) is 4.79. The van der Waals surface area contributed by atoms with Gasteiger partial charge in [-0.2, -0.15) is 0 Å². The van der Waals surface area contributed by atoms with Gasteiger partial charge in [0.1, 0.15) is 5.76 Å². The van der Waals surface area contributed by atoms with Gasteiger partial charge in [0.15, 0.2) is 5.78 Å². The van der Waals surface area contributed by atoms with E-state index in [0.717, 1.165) is 21.7 Å². The SMILES string of the molecule is Cc1cc(CC(=O)N2C[C@H](O)CC2C(=O)CCc2ccc(-c3scnc3C)cc2)on1. The number of aromatic nitrogens is 2. The quantitative estimate of drug-likeness (QED) is 0.608. The highest BCUT2D eigenvalue weighted by Gasteiger charge is 2.38. The molecule has 7 nitrogen and oxygen atoms in total. The lowest BCUT2D eigenvalue weighted by molar-refractivity contribution is -0.137. The molecule has 0 bridgehead atoms.